The van der Waals surface area contributed by atoms with E-state index in [0.29, 0.717) is 6.29 Å². The summed E-state index contributed by atoms with van der Waals surface area (Å²) >= 11 is 0. The Kier molecular flexibility index (Phi) is 6.33. The predicted molar refractivity (Wildman–Crippen MR) is 89.8 cm³/mol. The van der Waals surface area contributed by atoms with Crippen LogP contribution in [0.2, 0.25) is 0 Å². The summed E-state index contributed by atoms with van der Waals surface area (Å²) in [5, 5.41) is 10.5. The van der Waals surface area contributed by atoms with Crippen LogP contribution in [-0.2, 0) is 23.9 Å². The van der Waals surface area contributed by atoms with Crippen LogP contribution in [0.15, 0.2) is 41.7 Å². The first kappa shape index (κ1) is 18.7. The van der Waals surface area contributed by atoms with Gasteiger partial charge in [0.15, 0.2) is 0 Å². The number of allylic oxidation sites excluding steroid dienone is 1. The number of hydrogen-bond acceptors (Lipinski definition) is 6. The molecule has 0 radical (unpaired) electrons. The van der Waals surface area contributed by atoms with Gasteiger partial charge in [-0.2, -0.15) is 0 Å². The molecule has 1 aromatic carbocycles. The lowest BCUT2D eigenvalue weighted by Gasteiger charge is -2.34. The maximum Gasteiger partial charge on any atom is 0.338 e. The second-order valence-corrected chi connectivity index (χ2v) is 5.75. The van der Waals surface area contributed by atoms with Gasteiger partial charge in [0.05, 0.1) is 18.8 Å². The zero-order chi connectivity index (χ0) is 18.4. The van der Waals surface area contributed by atoms with Crippen molar-refractivity contribution in [2.24, 2.45) is 11.8 Å². The molecule has 0 saturated carbocycles. The largest absolute Gasteiger partial charge is 0.512 e. The van der Waals surface area contributed by atoms with Gasteiger partial charge in [-0.25, -0.2) is 4.79 Å². The Labute approximate surface area is 146 Å². The fourth-order valence-corrected chi connectivity index (χ4v) is 3.23. The number of rotatable bonds is 6. The quantitative estimate of drug-likeness (QED) is 0.629. The van der Waals surface area contributed by atoms with Crippen molar-refractivity contribution in [2.75, 3.05) is 13.2 Å². The van der Waals surface area contributed by atoms with Gasteiger partial charge in [-0.15, -0.1) is 0 Å². The maximum atomic E-state index is 12.5. The van der Waals surface area contributed by atoms with Crippen LogP contribution >= 0.6 is 0 Å². The standard InChI is InChI=1S/C19H22O6/c1-3-24-18(22)16-14(11-20)13(12-8-6-5-7-9-12)10-15(21)17(16)19(23)25-4-2/h5-9,11,13-14,16,21H,3-4,10H2,1-2H3/t13-,14+,16-/m1/s1. The molecule has 0 saturated heterocycles. The fraction of sp³-hybridized carbons (Fsp3) is 0.421. The second-order valence-electron chi connectivity index (χ2n) is 5.75. The normalized spacial score (nSPS) is 23.0. The number of aliphatic hydroxyl groups is 1. The zero-order valence-corrected chi connectivity index (χ0v) is 14.3. The van der Waals surface area contributed by atoms with Crippen LogP contribution in [-0.4, -0.2) is 36.5 Å². The van der Waals surface area contributed by atoms with Crippen LogP contribution in [0.25, 0.3) is 0 Å². The summed E-state index contributed by atoms with van der Waals surface area (Å²) in [6, 6.07) is 9.12. The molecular formula is C19H22O6. The third-order valence-corrected chi connectivity index (χ3v) is 4.31. The van der Waals surface area contributed by atoms with Gasteiger partial charge >= 0.3 is 11.9 Å². The van der Waals surface area contributed by atoms with Crippen LogP contribution in [0.1, 0.15) is 31.7 Å². The summed E-state index contributed by atoms with van der Waals surface area (Å²) in [5.74, 6) is -4.17. The van der Waals surface area contributed by atoms with E-state index >= 15 is 0 Å². The Balaban J connectivity index is 2.52. The predicted octanol–water partition coefficient (Wildman–Crippen LogP) is 2.54. The van der Waals surface area contributed by atoms with E-state index in [9.17, 15) is 19.5 Å². The number of ether oxygens (including phenoxy) is 2. The lowest BCUT2D eigenvalue weighted by Crippen LogP contribution is -2.39. The highest BCUT2D eigenvalue weighted by atomic mass is 16.5. The van der Waals surface area contributed by atoms with E-state index in [1.807, 2.05) is 30.3 Å². The average Bonchev–Trinajstić information content (AvgIpc) is 2.61. The molecule has 1 aromatic rings. The lowest BCUT2D eigenvalue weighted by molar-refractivity contribution is -0.153. The third kappa shape index (κ3) is 3.90. The zero-order valence-electron chi connectivity index (χ0n) is 14.3. The van der Waals surface area contributed by atoms with E-state index in [1.165, 1.54) is 0 Å². The molecule has 2 rings (SSSR count). The van der Waals surface area contributed by atoms with Gasteiger partial charge in [0.25, 0.3) is 0 Å². The minimum Gasteiger partial charge on any atom is -0.512 e. The summed E-state index contributed by atoms with van der Waals surface area (Å²) in [6.07, 6.45) is 0.738. The van der Waals surface area contributed by atoms with Crippen LogP contribution in [0.3, 0.4) is 0 Å². The van der Waals surface area contributed by atoms with Crippen LogP contribution in [0.4, 0.5) is 0 Å². The Morgan fingerprint density at radius 2 is 1.80 bits per heavy atom. The minimum absolute atomic E-state index is 0.0808. The highest BCUT2D eigenvalue weighted by Gasteiger charge is 2.47. The molecule has 134 valence electrons. The Morgan fingerprint density at radius 1 is 1.16 bits per heavy atom. The third-order valence-electron chi connectivity index (χ3n) is 4.31. The number of aliphatic hydroxyl groups excluding tert-OH is 1. The first-order chi connectivity index (χ1) is 12.0. The molecule has 1 aliphatic rings. The van der Waals surface area contributed by atoms with Gasteiger partial charge in [0.2, 0.25) is 0 Å². The van der Waals surface area contributed by atoms with Crippen molar-refractivity contribution >= 4 is 18.2 Å². The van der Waals surface area contributed by atoms with E-state index in [0.717, 1.165) is 5.56 Å². The van der Waals surface area contributed by atoms with Crippen molar-refractivity contribution in [3.63, 3.8) is 0 Å². The number of carbonyl (C=O) groups excluding carboxylic acids is 3. The first-order valence-corrected chi connectivity index (χ1v) is 8.31. The van der Waals surface area contributed by atoms with Crippen molar-refractivity contribution in [3.05, 3.63) is 47.2 Å². The van der Waals surface area contributed by atoms with E-state index in [1.54, 1.807) is 13.8 Å². The van der Waals surface area contributed by atoms with Crippen molar-refractivity contribution in [1.82, 2.24) is 0 Å². The van der Waals surface area contributed by atoms with Gasteiger partial charge in [-0.3, -0.25) is 4.79 Å². The molecule has 0 aliphatic heterocycles. The SMILES string of the molecule is CCOC(=O)C1=C(O)C[C@H](c2ccccc2)[C@H](C=O)[C@H]1C(=O)OCC. The Bertz CT molecular complexity index is 664. The Hall–Kier alpha value is -2.63. The summed E-state index contributed by atoms with van der Waals surface area (Å²) in [4.78, 5) is 36.6. The molecule has 0 aromatic heterocycles. The summed E-state index contributed by atoms with van der Waals surface area (Å²) < 4.78 is 10.0. The maximum absolute atomic E-state index is 12.5. The molecule has 1 N–H and O–H groups in total. The molecule has 25 heavy (non-hydrogen) atoms. The number of benzene rings is 1. The van der Waals surface area contributed by atoms with E-state index < -0.39 is 29.7 Å². The van der Waals surface area contributed by atoms with Crippen LogP contribution in [0, 0.1) is 11.8 Å². The molecular weight excluding hydrogens is 324 g/mol. The number of aldehydes is 1. The number of hydrogen-bond donors (Lipinski definition) is 1. The first-order valence-electron chi connectivity index (χ1n) is 8.31. The smallest absolute Gasteiger partial charge is 0.338 e. The Morgan fingerprint density at radius 3 is 2.36 bits per heavy atom. The van der Waals surface area contributed by atoms with E-state index in [-0.39, 0.29) is 31.0 Å². The molecule has 0 bridgehead atoms. The molecule has 0 amide bonds. The van der Waals surface area contributed by atoms with Gasteiger partial charge in [0.1, 0.15) is 18.0 Å². The second kappa shape index (κ2) is 8.46. The van der Waals surface area contributed by atoms with Crippen LogP contribution in [0.5, 0.6) is 0 Å². The molecule has 0 fully saturated rings. The topological polar surface area (TPSA) is 89.9 Å². The average molecular weight is 346 g/mol. The number of esters is 2. The lowest BCUT2D eigenvalue weighted by atomic mass is 9.69. The molecule has 0 heterocycles. The minimum atomic E-state index is -1.18. The molecule has 6 heteroatoms. The van der Waals surface area contributed by atoms with Crippen molar-refractivity contribution < 1.29 is 29.0 Å². The van der Waals surface area contributed by atoms with Gasteiger partial charge < -0.3 is 19.4 Å². The highest BCUT2D eigenvalue weighted by Crippen LogP contribution is 2.43. The van der Waals surface area contributed by atoms with Crippen LogP contribution < -0.4 is 0 Å². The molecule has 0 spiro atoms. The van der Waals surface area contributed by atoms with Gasteiger partial charge in [-0.1, -0.05) is 30.3 Å². The summed E-state index contributed by atoms with van der Waals surface area (Å²) in [7, 11) is 0. The molecule has 3 atom stereocenters. The van der Waals surface area contributed by atoms with Crippen molar-refractivity contribution in [2.45, 2.75) is 26.2 Å². The summed E-state index contributed by atoms with van der Waals surface area (Å²) in [6.45, 7) is 3.47. The monoisotopic (exact) mass is 346 g/mol. The summed E-state index contributed by atoms with van der Waals surface area (Å²) in [5.41, 5.74) is 0.632. The molecule has 0 unspecified atom stereocenters. The molecule has 1 aliphatic carbocycles. The molecule has 6 nitrogen and oxygen atoms in total. The fourth-order valence-electron chi connectivity index (χ4n) is 3.23. The van der Waals surface area contributed by atoms with Crippen molar-refractivity contribution in [3.8, 4) is 0 Å². The van der Waals surface area contributed by atoms with Gasteiger partial charge in [-0.05, 0) is 19.4 Å². The van der Waals surface area contributed by atoms with E-state index in [2.05, 4.69) is 0 Å². The number of carbonyl (C=O) groups is 3. The van der Waals surface area contributed by atoms with Gasteiger partial charge in [0, 0.05) is 18.3 Å². The van der Waals surface area contributed by atoms with E-state index in [4.69, 9.17) is 9.47 Å². The highest BCUT2D eigenvalue weighted by molar-refractivity contribution is 5.98. The van der Waals surface area contributed by atoms with Crippen molar-refractivity contribution in [1.29, 1.82) is 0 Å².